The van der Waals surface area contributed by atoms with Crippen LogP contribution in [0.2, 0.25) is 0 Å². The number of carbonyl (C=O) groups excluding carboxylic acids is 1. The van der Waals surface area contributed by atoms with Gasteiger partial charge < -0.3 is 5.32 Å². The average Bonchev–Trinajstić information content (AvgIpc) is 3.36. The number of amides is 1. The molecule has 1 aliphatic rings. The van der Waals surface area contributed by atoms with Crippen LogP contribution in [0.4, 0.5) is 5.69 Å². The molecule has 3 aromatic rings. The molecule has 1 N–H and O–H groups in total. The normalized spacial score (nSPS) is 14.9. The third-order valence-electron chi connectivity index (χ3n) is 5.56. The smallest absolute Gasteiger partial charge is 0.308 e. The van der Waals surface area contributed by atoms with Crippen molar-refractivity contribution in [1.82, 2.24) is 8.87 Å². The van der Waals surface area contributed by atoms with E-state index in [1.165, 1.54) is 8.87 Å². The van der Waals surface area contributed by atoms with Gasteiger partial charge in [-0.05, 0) is 56.5 Å². The summed E-state index contributed by atoms with van der Waals surface area (Å²) in [4.78, 5) is 24.9. The van der Waals surface area contributed by atoms with Crippen LogP contribution in [0.25, 0.3) is 10.2 Å². The van der Waals surface area contributed by atoms with Crippen molar-refractivity contribution in [2.24, 2.45) is 0 Å². The number of nitrogens with zero attached hydrogens (tertiary/aromatic N) is 2. The molecule has 1 aliphatic heterocycles. The summed E-state index contributed by atoms with van der Waals surface area (Å²) in [6.45, 7) is 5.23. The molecule has 31 heavy (non-hydrogen) atoms. The zero-order valence-corrected chi connectivity index (χ0v) is 19.2. The van der Waals surface area contributed by atoms with Gasteiger partial charge in [-0.1, -0.05) is 29.0 Å². The van der Waals surface area contributed by atoms with Crippen LogP contribution in [0.3, 0.4) is 0 Å². The summed E-state index contributed by atoms with van der Waals surface area (Å²) >= 11 is 1.00. The van der Waals surface area contributed by atoms with E-state index in [1.807, 2.05) is 32.0 Å². The number of hydrogen-bond donors (Lipinski definition) is 1. The lowest BCUT2D eigenvalue weighted by atomic mass is 10.1. The standard InChI is InChI=1S/C22H25N3O4S2/c1-15-5-7-18(16(2)13-15)23-21(26)9-12-25-19-8-6-17(14-20(19)30-22(25)27)31(28,29)24-10-3-4-11-24/h5-8,13-14H,3-4,9-12H2,1-2H3,(H,23,26). The number of benzene rings is 2. The molecule has 9 heteroatoms. The Kier molecular flexibility index (Phi) is 6.00. The molecule has 1 saturated heterocycles. The lowest BCUT2D eigenvalue weighted by Gasteiger charge is -2.15. The highest BCUT2D eigenvalue weighted by Gasteiger charge is 2.27. The monoisotopic (exact) mass is 459 g/mol. The fourth-order valence-corrected chi connectivity index (χ4v) is 6.45. The lowest BCUT2D eigenvalue weighted by molar-refractivity contribution is -0.116. The first kappa shape index (κ1) is 21.7. The highest BCUT2D eigenvalue weighted by Crippen LogP contribution is 2.26. The molecule has 0 spiro atoms. The minimum atomic E-state index is -3.54. The first-order valence-electron chi connectivity index (χ1n) is 10.3. The average molecular weight is 460 g/mol. The van der Waals surface area contributed by atoms with Crippen molar-refractivity contribution in [2.75, 3.05) is 18.4 Å². The van der Waals surface area contributed by atoms with Crippen molar-refractivity contribution in [3.8, 4) is 0 Å². The maximum absolute atomic E-state index is 12.8. The van der Waals surface area contributed by atoms with E-state index in [2.05, 4.69) is 5.32 Å². The second-order valence-electron chi connectivity index (χ2n) is 7.88. The number of aryl methyl sites for hydroxylation is 3. The lowest BCUT2D eigenvalue weighted by Crippen LogP contribution is -2.27. The molecular weight excluding hydrogens is 434 g/mol. The number of nitrogens with one attached hydrogen (secondary N) is 1. The summed E-state index contributed by atoms with van der Waals surface area (Å²) in [5.41, 5.74) is 3.51. The fraction of sp³-hybridized carbons (Fsp3) is 0.364. The third kappa shape index (κ3) is 4.44. The number of fused-ring (bicyclic) bond motifs is 1. The van der Waals surface area contributed by atoms with Gasteiger partial charge in [-0.2, -0.15) is 4.31 Å². The van der Waals surface area contributed by atoms with Crippen molar-refractivity contribution < 1.29 is 13.2 Å². The molecule has 0 unspecified atom stereocenters. The Morgan fingerprint density at radius 2 is 1.84 bits per heavy atom. The Labute approximate surface area is 185 Å². The van der Waals surface area contributed by atoms with Gasteiger partial charge in [0.25, 0.3) is 0 Å². The van der Waals surface area contributed by atoms with Crippen molar-refractivity contribution in [1.29, 1.82) is 0 Å². The summed E-state index contributed by atoms with van der Waals surface area (Å²) < 4.78 is 29.2. The van der Waals surface area contributed by atoms with Gasteiger partial charge in [0.1, 0.15) is 0 Å². The van der Waals surface area contributed by atoms with Gasteiger partial charge in [0, 0.05) is 31.7 Å². The van der Waals surface area contributed by atoms with Gasteiger partial charge in [-0.15, -0.1) is 0 Å². The van der Waals surface area contributed by atoms with Crippen molar-refractivity contribution in [2.45, 2.75) is 44.6 Å². The molecule has 4 rings (SSSR count). The first-order chi connectivity index (χ1) is 14.8. The first-order valence-corrected chi connectivity index (χ1v) is 12.5. The van der Waals surface area contributed by atoms with Gasteiger partial charge in [-0.25, -0.2) is 8.42 Å². The van der Waals surface area contributed by atoms with E-state index < -0.39 is 10.0 Å². The predicted molar refractivity (Wildman–Crippen MR) is 123 cm³/mol. The summed E-state index contributed by atoms with van der Waals surface area (Å²) in [6.07, 6.45) is 1.89. The van der Waals surface area contributed by atoms with Gasteiger partial charge in [0.15, 0.2) is 0 Å². The quantitative estimate of drug-likeness (QED) is 0.611. The molecule has 2 heterocycles. The summed E-state index contributed by atoms with van der Waals surface area (Å²) in [6, 6.07) is 10.6. The van der Waals surface area contributed by atoms with E-state index in [0.29, 0.717) is 23.3 Å². The van der Waals surface area contributed by atoms with Crippen LogP contribution in [0.1, 0.15) is 30.4 Å². The van der Waals surface area contributed by atoms with Gasteiger partial charge >= 0.3 is 4.87 Å². The molecule has 1 amide bonds. The predicted octanol–water partition coefficient (Wildman–Crippen LogP) is 3.49. The van der Waals surface area contributed by atoms with Crippen LogP contribution in [-0.4, -0.2) is 36.3 Å². The Bertz CT molecular complexity index is 1300. The largest absolute Gasteiger partial charge is 0.326 e. The van der Waals surface area contributed by atoms with Crippen LogP contribution in [0.15, 0.2) is 46.1 Å². The summed E-state index contributed by atoms with van der Waals surface area (Å²) in [5.74, 6) is -0.175. The molecule has 7 nitrogen and oxygen atoms in total. The molecule has 0 atom stereocenters. The third-order valence-corrected chi connectivity index (χ3v) is 8.40. The minimum Gasteiger partial charge on any atom is -0.326 e. The van der Waals surface area contributed by atoms with Crippen LogP contribution < -0.4 is 10.2 Å². The number of thiazole rings is 1. The molecule has 0 aliphatic carbocycles. The van der Waals surface area contributed by atoms with E-state index in [9.17, 15) is 18.0 Å². The molecule has 0 saturated carbocycles. The molecule has 0 bridgehead atoms. The minimum absolute atomic E-state index is 0.146. The van der Waals surface area contributed by atoms with Gasteiger partial charge in [0.05, 0.1) is 15.1 Å². The van der Waals surface area contributed by atoms with Gasteiger partial charge in [-0.3, -0.25) is 14.2 Å². The maximum atomic E-state index is 12.8. The van der Waals surface area contributed by atoms with Crippen LogP contribution in [0, 0.1) is 13.8 Å². The maximum Gasteiger partial charge on any atom is 0.308 e. The number of carbonyl (C=O) groups is 1. The number of rotatable bonds is 6. The van der Waals surface area contributed by atoms with Crippen molar-refractivity contribution >= 4 is 43.2 Å². The highest BCUT2D eigenvalue weighted by atomic mass is 32.2. The second-order valence-corrected chi connectivity index (χ2v) is 10.8. The Balaban J connectivity index is 1.51. The topological polar surface area (TPSA) is 88.5 Å². The number of sulfonamides is 1. The van der Waals surface area contributed by atoms with E-state index in [4.69, 9.17) is 0 Å². The van der Waals surface area contributed by atoms with Crippen LogP contribution >= 0.6 is 11.3 Å². The molecule has 2 aromatic carbocycles. The zero-order chi connectivity index (χ0) is 22.2. The number of anilines is 1. The fourth-order valence-electron chi connectivity index (χ4n) is 3.88. The Morgan fingerprint density at radius 1 is 1.10 bits per heavy atom. The molecule has 1 fully saturated rings. The second kappa shape index (κ2) is 8.57. The molecule has 164 valence electrons. The number of aromatic nitrogens is 1. The SMILES string of the molecule is Cc1ccc(NC(=O)CCn2c(=O)sc3cc(S(=O)(=O)N4CCCC4)ccc32)c(C)c1. The van der Waals surface area contributed by atoms with Crippen molar-refractivity contribution in [3.63, 3.8) is 0 Å². The van der Waals surface area contributed by atoms with Gasteiger partial charge in [0.2, 0.25) is 15.9 Å². The molecule has 1 aromatic heterocycles. The summed E-state index contributed by atoms with van der Waals surface area (Å²) in [5, 5.41) is 2.89. The Hall–Kier alpha value is -2.49. The van der Waals surface area contributed by atoms with E-state index in [0.717, 1.165) is 41.0 Å². The van der Waals surface area contributed by atoms with E-state index in [1.54, 1.807) is 18.2 Å². The Morgan fingerprint density at radius 3 is 2.55 bits per heavy atom. The molecular formula is C22H25N3O4S2. The van der Waals surface area contributed by atoms with Crippen LogP contribution in [-0.2, 0) is 21.4 Å². The summed E-state index contributed by atoms with van der Waals surface area (Å²) in [7, 11) is -3.54. The number of hydrogen-bond acceptors (Lipinski definition) is 5. The zero-order valence-electron chi connectivity index (χ0n) is 17.6. The molecule has 0 radical (unpaired) electrons. The van der Waals surface area contributed by atoms with Crippen LogP contribution in [0.5, 0.6) is 0 Å². The van der Waals surface area contributed by atoms with E-state index in [-0.39, 0.29) is 28.6 Å². The highest BCUT2D eigenvalue weighted by molar-refractivity contribution is 7.89. The van der Waals surface area contributed by atoms with E-state index >= 15 is 0 Å². The van der Waals surface area contributed by atoms with Crippen molar-refractivity contribution in [3.05, 3.63) is 57.2 Å².